The van der Waals surface area contributed by atoms with Gasteiger partial charge >= 0.3 is 5.97 Å². The van der Waals surface area contributed by atoms with Gasteiger partial charge in [-0.2, -0.15) is 0 Å². The average molecular weight is 263 g/mol. The van der Waals surface area contributed by atoms with Crippen LogP contribution < -0.4 is 5.73 Å². The van der Waals surface area contributed by atoms with Crippen LogP contribution in [0.4, 0.5) is 14.5 Å². The third kappa shape index (κ3) is 2.91. The van der Waals surface area contributed by atoms with Gasteiger partial charge in [0, 0.05) is 0 Å². The van der Waals surface area contributed by atoms with Crippen molar-refractivity contribution in [1.29, 1.82) is 0 Å². The molecule has 0 fully saturated rings. The zero-order valence-electron chi connectivity index (χ0n) is 8.84. The van der Waals surface area contributed by atoms with Gasteiger partial charge < -0.3 is 10.5 Å². The molecule has 0 radical (unpaired) electrons. The molecule has 7 heteroatoms. The molecule has 0 aliphatic rings. The zero-order chi connectivity index (χ0) is 13.0. The van der Waals surface area contributed by atoms with Crippen LogP contribution in [0.25, 0.3) is 0 Å². The lowest BCUT2D eigenvalue weighted by molar-refractivity contribution is 0.0590. The highest BCUT2D eigenvalue weighted by molar-refractivity contribution is 6.28. The van der Waals surface area contributed by atoms with Crippen LogP contribution >= 0.6 is 11.6 Å². The summed E-state index contributed by atoms with van der Waals surface area (Å²) in [5.41, 5.74) is 4.23. The zero-order valence-corrected chi connectivity index (χ0v) is 9.59. The van der Waals surface area contributed by atoms with Gasteiger partial charge in [0.1, 0.15) is 22.9 Å². The van der Waals surface area contributed by atoms with Crippen molar-refractivity contribution in [3.63, 3.8) is 0 Å². The summed E-state index contributed by atoms with van der Waals surface area (Å²) in [7, 11) is 1.02. The maximum absolute atomic E-state index is 13.7. The van der Waals surface area contributed by atoms with Crippen LogP contribution in [-0.4, -0.2) is 24.8 Å². The molecular formula is C10H9ClF2N2O2. The first-order valence-electron chi connectivity index (χ1n) is 4.46. The maximum atomic E-state index is 13.7. The van der Waals surface area contributed by atoms with Gasteiger partial charge in [-0.05, 0) is 12.1 Å². The molecule has 0 heterocycles. The number of halogens is 3. The van der Waals surface area contributed by atoms with E-state index in [-0.39, 0.29) is 17.4 Å². The number of benzene rings is 1. The van der Waals surface area contributed by atoms with Gasteiger partial charge in [-0.25, -0.2) is 18.6 Å². The predicted molar refractivity (Wildman–Crippen MR) is 59.7 cm³/mol. The second-order valence-electron chi connectivity index (χ2n) is 2.98. The summed E-state index contributed by atoms with van der Waals surface area (Å²) >= 11 is 5.37. The first kappa shape index (κ1) is 13.4. The number of rotatable bonds is 3. The fourth-order valence-electron chi connectivity index (χ4n) is 1.10. The lowest BCUT2D eigenvalue weighted by Gasteiger charge is -2.05. The van der Waals surface area contributed by atoms with Crippen molar-refractivity contribution in [2.24, 2.45) is 10.7 Å². The molecule has 1 aromatic rings. The Hall–Kier alpha value is -1.69. The first-order valence-corrected chi connectivity index (χ1v) is 5.00. The van der Waals surface area contributed by atoms with Crippen molar-refractivity contribution in [3.05, 3.63) is 29.3 Å². The van der Waals surface area contributed by atoms with Gasteiger partial charge in [0.25, 0.3) is 0 Å². The van der Waals surface area contributed by atoms with Crippen LogP contribution in [0.1, 0.15) is 10.4 Å². The summed E-state index contributed by atoms with van der Waals surface area (Å²) in [6, 6.07) is 1.95. The van der Waals surface area contributed by atoms with Gasteiger partial charge in [-0.15, -0.1) is 11.6 Å². The molecule has 0 atom stereocenters. The summed E-state index contributed by atoms with van der Waals surface area (Å²) in [5, 5.41) is 0. The Balaban J connectivity index is 3.33. The van der Waals surface area contributed by atoms with Crippen LogP contribution in [0.3, 0.4) is 0 Å². The molecule has 0 saturated heterocycles. The molecule has 0 aliphatic carbocycles. The third-order valence-corrected chi connectivity index (χ3v) is 2.14. The highest BCUT2D eigenvalue weighted by Gasteiger charge is 2.21. The van der Waals surface area contributed by atoms with E-state index in [0.717, 1.165) is 19.2 Å². The van der Waals surface area contributed by atoms with Crippen LogP contribution in [-0.2, 0) is 4.74 Å². The second kappa shape index (κ2) is 5.58. The summed E-state index contributed by atoms with van der Waals surface area (Å²) in [4.78, 5) is 14.8. The van der Waals surface area contributed by atoms with Crippen molar-refractivity contribution < 1.29 is 18.3 Å². The average Bonchev–Trinajstić information content (AvgIpc) is 2.32. The number of alkyl halides is 1. The Bertz CT molecular complexity index is 478. The molecule has 0 unspecified atom stereocenters. The number of nitrogens with two attached hydrogens (primary N) is 1. The molecule has 17 heavy (non-hydrogen) atoms. The van der Waals surface area contributed by atoms with E-state index in [2.05, 4.69) is 9.73 Å². The number of amidine groups is 1. The molecule has 0 aliphatic heterocycles. The van der Waals surface area contributed by atoms with Gasteiger partial charge in [-0.1, -0.05) is 0 Å². The van der Waals surface area contributed by atoms with Gasteiger partial charge in [0.2, 0.25) is 0 Å². The summed E-state index contributed by atoms with van der Waals surface area (Å²) in [5.74, 6) is -3.44. The number of methoxy groups -OCH3 is 1. The third-order valence-electron chi connectivity index (χ3n) is 1.86. The van der Waals surface area contributed by atoms with Crippen LogP contribution in [0, 0.1) is 11.6 Å². The number of nitrogens with zero attached hydrogens (tertiary/aromatic N) is 1. The first-order chi connectivity index (χ1) is 8.01. The van der Waals surface area contributed by atoms with E-state index in [1.54, 1.807) is 0 Å². The molecular weight excluding hydrogens is 254 g/mol. The normalized spacial score (nSPS) is 11.4. The number of hydrogen-bond acceptors (Lipinski definition) is 3. The van der Waals surface area contributed by atoms with E-state index >= 15 is 0 Å². The largest absolute Gasteiger partial charge is 0.465 e. The number of aliphatic imine (C=N–C) groups is 1. The molecule has 0 amide bonds. The molecule has 1 aromatic carbocycles. The van der Waals surface area contributed by atoms with E-state index in [4.69, 9.17) is 17.3 Å². The summed E-state index contributed by atoms with van der Waals surface area (Å²) < 4.78 is 31.2. The van der Waals surface area contributed by atoms with Crippen molar-refractivity contribution in [2.75, 3.05) is 13.0 Å². The summed E-state index contributed by atoms with van der Waals surface area (Å²) in [6.45, 7) is 0. The monoisotopic (exact) mass is 262 g/mol. The standard InChI is InChI=1S/C10H9ClF2N2O2/c1-17-10(16)8-5(12)2-3-6(9(8)13)15-7(14)4-11/h2-3H,4H2,1H3,(H2,14,15). The van der Waals surface area contributed by atoms with E-state index in [1.165, 1.54) is 0 Å². The van der Waals surface area contributed by atoms with Crippen molar-refractivity contribution in [2.45, 2.75) is 0 Å². The molecule has 0 spiro atoms. The minimum absolute atomic E-state index is 0.0482. The number of hydrogen-bond donors (Lipinski definition) is 1. The van der Waals surface area contributed by atoms with E-state index in [0.29, 0.717) is 0 Å². The van der Waals surface area contributed by atoms with Crippen LogP contribution in [0.5, 0.6) is 0 Å². The van der Waals surface area contributed by atoms with E-state index in [9.17, 15) is 13.6 Å². The van der Waals surface area contributed by atoms with Gasteiger partial charge in [0.05, 0.1) is 13.0 Å². The Morgan fingerprint density at radius 3 is 2.71 bits per heavy atom. The topological polar surface area (TPSA) is 64.7 Å². The fraction of sp³-hybridized carbons (Fsp3) is 0.200. The minimum atomic E-state index is -1.13. The highest BCUT2D eigenvalue weighted by Crippen LogP contribution is 2.24. The lowest BCUT2D eigenvalue weighted by atomic mass is 10.1. The molecule has 2 N–H and O–H groups in total. The Kier molecular flexibility index (Phi) is 4.39. The van der Waals surface area contributed by atoms with Crippen molar-refractivity contribution in [1.82, 2.24) is 0 Å². The Labute approximate surface area is 101 Å². The number of esters is 1. The Morgan fingerprint density at radius 1 is 1.53 bits per heavy atom. The molecule has 4 nitrogen and oxygen atoms in total. The predicted octanol–water partition coefficient (Wildman–Crippen LogP) is 1.98. The van der Waals surface area contributed by atoms with Crippen LogP contribution in [0.2, 0.25) is 0 Å². The van der Waals surface area contributed by atoms with Gasteiger partial charge in [0.15, 0.2) is 5.82 Å². The molecule has 0 aromatic heterocycles. The number of carbonyl (C=O) groups is 1. The quantitative estimate of drug-likeness (QED) is 0.392. The number of carbonyl (C=O) groups excluding carboxylic acids is 1. The lowest BCUT2D eigenvalue weighted by Crippen LogP contribution is -2.13. The molecule has 0 saturated carbocycles. The smallest absolute Gasteiger partial charge is 0.343 e. The molecule has 1 rings (SSSR count). The number of ether oxygens (including phenoxy) is 1. The minimum Gasteiger partial charge on any atom is -0.465 e. The SMILES string of the molecule is COC(=O)c1c(F)ccc(N=C(N)CCl)c1F. The maximum Gasteiger partial charge on any atom is 0.343 e. The van der Waals surface area contributed by atoms with E-state index < -0.39 is 23.2 Å². The summed E-state index contributed by atoms with van der Waals surface area (Å²) in [6.07, 6.45) is 0. The molecule has 92 valence electrons. The fourth-order valence-corrected chi connectivity index (χ4v) is 1.16. The Morgan fingerprint density at radius 2 is 2.18 bits per heavy atom. The van der Waals surface area contributed by atoms with Gasteiger partial charge in [-0.3, -0.25) is 0 Å². The second-order valence-corrected chi connectivity index (χ2v) is 3.25. The van der Waals surface area contributed by atoms with Crippen molar-refractivity contribution in [3.8, 4) is 0 Å². The van der Waals surface area contributed by atoms with Crippen molar-refractivity contribution >= 4 is 29.1 Å². The van der Waals surface area contributed by atoms with E-state index in [1.807, 2.05) is 0 Å². The van der Waals surface area contributed by atoms with Crippen LogP contribution in [0.15, 0.2) is 17.1 Å². The highest BCUT2D eigenvalue weighted by atomic mass is 35.5. The molecule has 0 bridgehead atoms.